The first kappa shape index (κ1) is 11.2. The summed E-state index contributed by atoms with van der Waals surface area (Å²) < 4.78 is 5.44. The van der Waals surface area contributed by atoms with Crippen LogP contribution in [0.3, 0.4) is 0 Å². The Labute approximate surface area is 102 Å². The molecule has 0 saturated carbocycles. The minimum Gasteiger partial charge on any atom is -0.458 e. The molecule has 0 fully saturated rings. The van der Waals surface area contributed by atoms with Crippen LogP contribution in [0.1, 0.15) is 10.6 Å². The topological polar surface area (TPSA) is 30.2 Å². The molecule has 0 saturated heterocycles. The van der Waals surface area contributed by atoms with Crippen LogP contribution >= 0.6 is 23.2 Å². The van der Waals surface area contributed by atoms with E-state index in [0.717, 1.165) is 5.56 Å². The summed E-state index contributed by atoms with van der Waals surface area (Å²) in [5, 5.41) is 0. The summed E-state index contributed by atoms with van der Waals surface area (Å²) in [7, 11) is 0. The molecule has 1 heterocycles. The highest BCUT2D eigenvalue weighted by Crippen LogP contribution is 2.27. The molecule has 0 N–H and O–H groups in total. The van der Waals surface area contributed by atoms with Crippen LogP contribution in [-0.4, -0.2) is 0 Å². The van der Waals surface area contributed by atoms with Gasteiger partial charge in [0.2, 0.25) is 0 Å². The monoisotopic (exact) mass is 254 g/mol. The van der Waals surface area contributed by atoms with E-state index in [4.69, 9.17) is 27.6 Å². The van der Waals surface area contributed by atoms with Gasteiger partial charge in [0, 0.05) is 17.7 Å². The molecular formula is C12H8Cl2O2. The molecule has 4 heteroatoms. The van der Waals surface area contributed by atoms with Gasteiger partial charge in [-0.3, -0.25) is 4.79 Å². The van der Waals surface area contributed by atoms with Gasteiger partial charge in [0.15, 0.2) is 10.3 Å². The lowest BCUT2D eigenvalue weighted by molar-refractivity contribution is 0.521. The van der Waals surface area contributed by atoms with Gasteiger partial charge < -0.3 is 4.42 Å². The number of halogens is 2. The van der Waals surface area contributed by atoms with Crippen molar-refractivity contribution >= 4 is 23.2 Å². The van der Waals surface area contributed by atoms with Crippen molar-refractivity contribution in [2.75, 3.05) is 0 Å². The molecule has 0 amide bonds. The Hall–Kier alpha value is -1.25. The molecule has 0 aliphatic rings. The van der Waals surface area contributed by atoms with Gasteiger partial charge in [-0.2, -0.15) is 0 Å². The summed E-state index contributed by atoms with van der Waals surface area (Å²) in [5.41, 5.74) is 0.641. The van der Waals surface area contributed by atoms with Gasteiger partial charge in [-0.1, -0.05) is 53.5 Å². The Balaban J connectivity index is 2.54. The third-order valence-corrected chi connectivity index (χ3v) is 2.49. The zero-order valence-electron chi connectivity index (χ0n) is 8.19. The molecule has 2 nitrogen and oxygen atoms in total. The Morgan fingerprint density at radius 1 is 1.06 bits per heavy atom. The maximum absolute atomic E-state index is 11.4. The maximum atomic E-state index is 11.4. The van der Waals surface area contributed by atoms with Crippen molar-refractivity contribution in [2.24, 2.45) is 0 Å². The second kappa shape index (κ2) is 4.73. The standard InChI is InChI=1S/C12H8Cl2O2/c13-12(14)11-7-9(15)6-10(16-11)8-4-2-1-3-5-8/h1-7,12H. The SMILES string of the molecule is O=c1cc(-c2ccccc2)oc(C(Cl)Cl)c1. The van der Waals surface area contributed by atoms with Crippen molar-refractivity contribution in [3.63, 3.8) is 0 Å². The predicted molar refractivity (Wildman–Crippen MR) is 64.9 cm³/mol. The highest BCUT2D eigenvalue weighted by Gasteiger charge is 2.10. The number of alkyl halides is 2. The van der Waals surface area contributed by atoms with Crippen LogP contribution in [0, 0.1) is 0 Å². The number of hydrogen-bond acceptors (Lipinski definition) is 2. The van der Waals surface area contributed by atoms with E-state index in [1.54, 1.807) is 0 Å². The minimum atomic E-state index is -0.837. The van der Waals surface area contributed by atoms with Gasteiger partial charge in [-0.15, -0.1) is 0 Å². The summed E-state index contributed by atoms with van der Waals surface area (Å²) in [6.07, 6.45) is 0. The third kappa shape index (κ3) is 2.46. The molecule has 1 aromatic heterocycles. The van der Waals surface area contributed by atoms with Crippen LogP contribution in [0.25, 0.3) is 11.3 Å². The van der Waals surface area contributed by atoms with Gasteiger partial charge in [-0.05, 0) is 0 Å². The van der Waals surface area contributed by atoms with Crippen molar-refractivity contribution in [1.29, 1.82) is 0 Å². The van der Waals surface area contributed by atoms with Crippen molar-refractivity contribution in [3.8, 4) is 11.3 Å². The number of benzene rings is 1. The van der Waals surface area contributed by atoms with Crippen molar-refractivity contribution < 1.29 is 4.42 Å². The smallest absolute Gasteiger partial charge is 0.185 e. The first-order valence-corrected chi connectivity index (χ1v) is 5.53. The Kier molecular flexibility index (Phi) is 3.32. The zero-order valence-corrected chi connectivity index (χ0v) is 9.70. The Bertz CT molecular complexity index is 532. The van der Waals surface area contributed by atoms with E-state index >= 15 is 0 Å². The second-order valence-electron chi connectivity index (χ2n) is 3.23. The predicted octanol–water partition coefficient (Wildman–Crippen LogP) is 3.78. The summed E-state index contributed by atoms with van der Waals surface area (Å²) in [6.45, 7) is 0. The van der Waals surface area contributed by atoms with Crippen molar-refractivity contribution in [3.05, 3.63) is 58.4 Å². The molecule has 2 rings (SSSR count). The van der Waals surface area contributed by atoms with Crippen LogP contribution < -0.4 is 5.43 Å². The summed E-state index contributed by atoms with van der Waals surface area (Å²) in [4.78, 5) is 10.6. The summed E-state index contributed by atoms with van der Waals surface area (Å²) in [5.74, 6) is 0.726. The van der Waals surface area contributed by atoms with Crippen LogP contribution in [-0.2, 0) is 0 Å². The van der Waals surface area contributed by atoms with Crippen molar-refractivity contribution in [1.82, 2.24) is 0 Å². The second-order valence-corrected chi connectivity index (χ2v) is 4.32. The van der Waals surface area contributed by atoms with Crippen molar-refractivity contribution in [2.45, 2.75) is 4.84 Å². The number of rotatable bonds is 2. The highest BCUT2D eigenvalue weighted by atomic mass is 35.5. The summed E-state index contributed by atoms with van der Waals surface area (Å²) in [6, 6.07) is 12.0. The lowest BCUT2D eigenvalue weighted by atomic mass is 10.1. The number of hydrogen-bond donors (Lipinski definition) is 0. The Morgan fingerprint density at radius 2 is 1.75 bits per heavy atom. The molecule has 2 aromatic rings. The van der Waals surface area contributed by atoms with E-state index < -0.39 is 4.84 Å². The van der Waals surface area contributed by atoms with Gasteiger partial charge in [0.25, 0.3) is 0 Å². The van der Waals surface area contributed by atoms with Gasteiger partial charge in [-0.25, -0.2) is 0 Å². The molecule has 1 aromatic carbocycles. The van der Waals surface area contributed by atoms with E-state index in [1.165, 1.54) is 12.1 Å². The highest BCUT2D eigenvalue weighted by molar-refractivity contribution is 6.43. The van der Waals surface area contributed by atoms with E-state index in [-0.39, 0.29) is 11.2 Å². The fourth-order valence-corrected chi connectivity index (χ4v) is 1.56. The van der Waals surface area contributed by atoms with E-state index in [0.29, 0.717) is 5.76 Å². The first-order chi connectivity index (χ1) is 7.66. The molecule has 0 spiro atoms. The Morgan fingerprint density at radius 3 is 2.38 bits per heavy atom. The van der Waals surface area contributed by atoms with Crippen LogP contribution in [0.2, 0.25) is 0 Å². The molecular weight excluding hydrogens is 247 g/mol. The van der Waals surface area contributed by atoms with E-state index in [1.807, 2.05) is 30.3 Å². The lowest BCUT2D eigenvalue weighted by Crippen LogP contribution is -2.00. The minimum absolute atomic E-state index is 0.175. The van der Waals surface area contributed by atoms with Gasteiger partial charge >= 0.3 is 0 Å². The molecule has 0 aliphatic carbocycles. The average molecular weight is 255 g/mol. The summed E-state index contributed by atoms with van der Waals surface area (Å²) >= 11 is 11.3. The largest absolute Gasteiger partial charge is 0.458 e. The van der Waals surface area contributed by atoms with Crippen LogP contribution in [0.5, 0.6) is 0 Å². The molecule has 82 valence electrons. The molecule has 0 radical (unpaired) electrons. The molecule has 0 aliphatic heterocycles. The quantitative estimate of drug-likeness (QED) is 0.764. The molecule has 16 heavy (non-hydrogen) atoms. The average Bonchev–Trinajstić information content (AvgIpc) is 2.29. The molecule has 0 bridgehead atoms. The van der Waals surface area contributed by atoms with Crippen LogP contribution in [0.15, 0.2) is 51.7 Å². The molecule has 0 unspecified atom stereocenters. The van der Waals surface area contributed by atoms with E-state index in [9.17, 15) is 4.79 Å². The zero-order chi connectivity index (χ0) is 11.5. The normalized spacial score (nSPS) is 10.7. The van der Waals surface area contributed by atoms with E-state index in [2.05, 4.69) is 0 Å². The maximum Gasteiger partial charge on any atom is 0.185 e. The lowest BCUT2D eigenvalue weighted by Gasteiger charge is -2.04. The molecule has 0 atom stereocenters. The van der Waals surface area contributed by atoms with Gasteiger partial charge in [0.05, 0.1) is 0 Å². The van der Waals surface area contributed by atoms with Crippen LogP contribution in [0.4, 0.5) is 0 Å². The third-order valence-electron chi connectivity index (χ3n) is 2.06. The fraction of sp³-hybridized carbons (Fsp3) is 0.0833. The first-order valence-electron chi connectivity index (χ1n) is 4.65. The van der Waals surface area contributed by atoms with Gasteiger partial charge in [0.1, 0.15) is 11.5 Å². The fourth-order valence-electron chi connectivity index (χ4n) is 1.35.